The van der Waals surface area contributed by atoms with Crippen molar-refractivity contribution in [2.24, 2.45) is 0 Å². The molecule has 6 heteroatoms. The summed E-state index contributed by atoms with van der Waals surface area (Å²) in [6.07, 6.45) is 1.02. The molecule has 1 atom stereocenters. The molecule has 1 aromatic heterocycles. The Hall–Kier alpha value is -1.66. The van der Waals surface area contributed by atoms with E-state index in [2.05, 4.69) is 22.8 Å². The summed E-state index contributed by atoms with van der Waals surface area (Å²) >= 11 is 3.77. The number of thioether (sulfide) groups is 1. The number of hydrogen-bond acceptors (Lipinski definition) is 4. The fourth-order valence-corrected chi connectivity index (χ4v) is 4.95. The van der Waals surface area contributed by atoms with Gasteiger partial charge in [0.05, 0.1) is 7.11 Å². The monoisotopic (exact) mass is 362 g/mol. The third kappa shape index (κ3) is 4.45. The van der Waals surface area contributed by atoms with Crippen LogP contribution in [0.25, 0.3) is 0 Å². The lowest BCUT2D eigenvalue weighted by Crippen LogP contribution is -2.40. The average Bonchev–Trinajstić information content (AvgIpc) is 3.04. The molecule has 2 heterocycles. The van der Waals surface area contributed by atoms with Crippen molar-refractivity contribution in [1.82, 2.24) is 10.2 Å². The van der Waals surface area contributed by atoms with Crippen molar-refractivity contribution in [3.05, 3.63) is 52.2 Å². The second-order valence-electron chi connectivity index (χ2n) is 5.66. The van der Waals surface area contributed by atoms with Crippen LogP contribution in [0.1, 0.15) is 22.1 Å². The first-order chi connectivity index (χ1) is 11.8. The number of rotatable bonds is 4. The number of nitrogens with one attached hydrogen (secondary N) is 1. The van der Waals surface area contributed by atoms with Crippen LogP contribution in [0.4, 0.5) is 4.79 Å². The van der Waals surface area contributed by atoms with Crippen LogP contribution >= 0.6 is 23.1 Å². The van der Waals surface area contributed by atoms with Crippen molar-refractivity contribution in [2.75, 3.05) is 26.0 Å². The van der Waals surface area contributed by atoms with E-state index in [-0.39, 0.29) is 6.03 Å². The lowest BCUT2D eigenvalue weighted by molar-refractivity contribution is 0.200. The quantitative estimate of drug-likeness (QED) is 0.888. The Bertz CT molecular complexity index is 644. The second kappa shape index (κ2) is 8.44. The highest BCUT2D eigenvalue weighted by atomic mass is 32.2. The first kappa shape index (κ1) is 17.2. The Morgan fingerprint density at radius 1 is 1.29 bits per heavy atom. The molecule has 1 N–H and O–H groups in total. The Labute approximate surface area is 151 Å². The van der Waals surface area contributed by atoms with Gasteiger partial charge in [-0.25, -0.2) is 4.79 Å². The number of thiophene rings is 1. The number of carbonyl (C=O) groups is 1. The molecule has 0 spiro atoms. The summed E-state index contributed by atoms with van der Waals surface area (Å²) in [5.74, 6) is 1.81. The molecule has 3 rings (SSSR count). The van der Waals surface area contributed by atoms with E-state index in [1.807, 2.05) is 52.3 Å². The zero-order valence-corrected chi connectivity index (χ0v) is 15.4. The molecule has 1 saturated heterocycles. The van der Waals surface area contributed by atoms with E-state index in [0.717, 1.165) is 36.6 Å². The molecule has 0 radical (unpaired) electrons. The normalized spacial score (nSPS) is 18.0. The minimum Gasteiger partial charge on any atom is -0.497 e. The highest BCUT2D eigenvalue weighted by Crippen LogP contribution is 2.36. The lowest BCUT2D eigenvalue weighted by atomic mass is 10.2. The number of ether oxygens (including phenoxy) is 1. The van der Waals surface area contributed by atoms with Gasteiger partial charge in [0.15, 0.2) is 0 Å². The van der Waals surface area contributed by atoms with Gasteiger partial charge >= 0.3 is 6.03 Å². The molecule has 24 heavy (non-hydrogen) atoms. The standard InChI is InChI=1S/C18H22N2O2S2/c1-22-15-6-4-14(5-7-15)13-19-18(21)20-9-8-17(24-12-10-20)16-3-2-11-23-16/h2-7,11,17H,8-10,12-13H2,1H3,(H,19,21). The molecule has 0 bridgehead atoms. The molecule has 1 unspecified atom stereocenters. The van der Waals surface area contributed by atoms with E-state index in [4.69, 9.17) is 4.74 Å². The molecule has 1 fully saturated rings. The summed E-state index contributed by atoms with van der Waals surface area (Å²) < 4.78 is 5.15. The molecule has 128 valence electrons. The van der Waals surface area contributed by atoms with Crippen LogP contribution in [0, 0.1) is 0 Å². The van der Waals surface area contributed by atoms with Crippen LogP contribution in [0.15, 0.2) is 41.8 Å². The number of amides is 2. The fourth-order valence-electron chi connectivity index (χ4n) is 2.71. The third-order valence-corrected chi connectivity index (χ3v) is 6.54. The average molecular weight is 363 g/mol. The van der Waals surface area contributed by atoms with Crippen LogP contribution in [0.2, 0.25) is 0 Å². The molecule has 4 nitrogen and oxygen atoms in total. The van der Waals surface area contributed by atoms with Gasteiger partial charge in [-0.1, -0.05) is 18.2 Å². The van der Waals surface area contributed by atoms with E-state index in [0.29, 0.717) is 11.8 Å². The maximum atomic E-state index is 12.4. The molecule has 1 aliphatic heterocycles. The number of nitrogens with zero attached hydrogens (tertiary/aromatic N) is 1. The van der Waals surface area contributed by atoms with Crippen molar-refractivity contribution in [1.29, 1.82) is 0 Å². The predicted octanol–water partition coefficient (Wildman–Crippen LogP) is 4.15. The first-order valence-corrected chi connectivity index (χ1v) is 10.00. The predicted molar refractivity (Wildman–Crippen MR) is 101 cm³/mol. The van der Waals surface area contributed by atoms with Gasteiger partial charge in [0, 0.05) is 35.5 Å². The van der Waals surface area contributed by atoms with Crippen molar-refractivity contribution < 1.29 is 9.53 Å². The van der Waals surface area contributed by atoms with Crippen LogP contribution in [-0.4, -0.2) is 36.9 Å². The summed E-state index contributed by atoms with van der Waals surface area (Å²) in [5, 5.41) is 5.67. The van der Waals surface area contributed by atoms with Gasteiger partial charge in [0.25, 0.3) is 0 Å². The zero-order valence-electron chi connectivity index (χ0n) is 13.7. The number of hydrogen-bond donors (Lipinski definition) is 1. The minimum absolute atomic E-state index is 0.0262. The number of urea groups is 1. The number of benzene rings is 1. The fraction of sp³-hybridized carbons (Fsp3) is 0.389. The van der Waals surface area contributed by atoms with Crippen LogP contribution < -0.4 is 10.1 Å². The number of methoxy groups -OCH3 is 1. The Morgan fingerprint density at radius 2 is 2.12 bits per heavy atom. The highest BCUT2D eigenvalue weighted by Gasteiger charge is 2.22. The molecule has 2 aromatic rings. The van der Waals surface area contributed by atoms with Crippen molar-refractivity contribution in [3.63, 3.8) is 0 Å². The summed E-state index contributed by atoms with van der Waals surface area (Å²) in [5.41, 5.74) is 1.07. The maximum Gasteiger partial charge on any atom is 0.317 e. The smallest absolute Gasteiger partial charge is 0.317 e. The van der Waals surface area contributed by atoms with E-state index in [1.165, 1.54) is 4.88 Å². The summed E-state index contributed by atoms with van der Waals surface area (Å²) in [4.78, 5) is 15.8. The molecule has 2 amide bonds. The Morgan fingerprint density at radius 3 is 2.83 bits per heavy atom. The van der Waals surface area contributed by atoms with Gasteiger partial charge < -0.3 is 15.0 Å². The van der Waals surface area contributed by atoms with Crippen LogP contribution in [-0.2, 0) is 6.54 Å². The van der Waals surface area contributed by atoms with Crippen molar-refractivity contribution in [3.8, 4) is 5.75 Å². The van der Waals surface area contributed by atoms with Crippen molar-refractivity contribution >= 4 is 29.1 Å². The van der Waals surface area contributed by atoms with E-state index >= 15 is 0 Å². The van der Waals surface area contributed by atoms with Gasteiger partial charge in [-0.3, -0.25) is 0 Å². The molecule has 1 aromatic carbocycles. The lowest BCUT2D eigenvalue weighted by Gasteiger charge is -2.20. The summed E-state index contributed by atoms with van der Waals surface area (Å²) in [6.45, 7) is 2.16. The second-order valence-corrected chi connectivity index (χ2v) is 7.95. The van der Waals surface area contributed by atoms with E-state index in [9.17, 15) is 4.79 Å². The van der Waals surface area contributed by atoms with Crippen molar-refractivity contribution in [2.45, 2.75) is 18.2 Å². The van der Waals surface area contributed by atoms with Gasteiger partial charge in [-0.2, -0.15) is 11.8 Å². The topological polar surface area (TPSA) is 41.6 Å². The van der Waals surface area contributed by atoms with Crippen LogP contribution in [0.3, 0.4) is 0 Å². The van der Waals surface area contributed by atoms with E-state index < -0.39 is 0 Å². The molecular weight excluding hydrogens is 340 g/mol. The maximum absolute atomic E-state index is 12.4. The van der Waals surface area contributed by atoms with Gasteiger partial charge in [0.2, 0.25) is 0 Å². The Kier molecular flexibility index (Phi) is 6.04. The molecule has 0 saturated carbocycles. The largest absolute Gasteiger partial charge is 0.497 e. The van der Waals surface area contributed by atoms with Gasteiger partial charge in [-0.15, -0.1) is 11.3 Å². The van der Waals surface area contributed by atoms with E-state index in [1.54, 1.807) is 7.11 Å². The molecular formula is C18H22N2O2S2. The highest BCUT2D eigenvalue weighted by molar-refractivity contribution is 7.99. The summed E-state index contributed by atoms with van der Waals surface area (Å²) in [7, 11) is 1.65. The number of carbonyl (C=O) groups excluding carboxylic acids is 1. The Balaban J connectivity index is 1.49. The SMILES string of the molecule is COc1ccc(CNC(=O)N2CCSC(c3cccs3)CC2)cc1. The molecule has 1 aliphatic rings. The first-order valence-electron chi connectivity index (χ1n) is 8.07. The zero-order chi connectivity index (χ0) is 16.8. The van der Waals surface area contributed by atoms with Crippen LogP contribution in [0.5, 0.6) is 5.75 Å². The van der Waals surface area contributed by atoms with Gasteiger partial charge in [0.1, 0.15) is 5.75 Å². The molecule has 0 aliphatic carbocycles. The minimum atomic E-state index is 0.0262. The third-order valence-electron chi connectivity index (χ3n) is 4.09. The van der Waals surface area contributed by atoms with Gasteiger partial charge in [-0.05, 0) is 35.6 Å². The summed E-state index contributed by atoms with van der Waals surface area (Å²) in [6, 6.07) is 12.1.